The van der Waals surface area contributed by atoms with Crippen LogP contribution < -0.4 is 4.74 Å². The van der Waals surface area contributed by atoms with Gasteiger partial charge in [-0.05, 0) is 47.5 Å². The van der Waals surface area contributed by atoms with Crippen LogP contribution >= 0.6 is 0 Å². The summed E-state index contributed by atoms with van der Waals surface area (Å²) in [5, 5.41) is 0. The van der Waals surface area contributed by atoms with Crippen molar-refractivity contribution in [2.45, 2.75) is 26.6 Å². The van der Waals surface area contributed by atoms with Gasteiger partial charge in [0.15, 0.2) is 0 Å². The van der Waals surface area contributed by atoms with Crippen LogP contribution in [-0.2, 0) is 17.5 Å². The molecular weight excluding hydrogens is 401 g/mol. The van der Waals surface area contributed by atoms with E-state index in [1.165, 1.54) is 12.1 Å². The van der Waals surface area contributed by atoms with E-state index in [9.17, 15) is 13.2 Å². The van der Waals surface area contributed by atoms with Crippen LogP contribution in [0.3, 0.4) is 0 Å². The zero-order valence-corrected chi connectivity index (χ0v) is 17.5. The summed E-state index contributed by atoms with van der Waals surface area (Å²) in [4.78, 5) is 0. The Kier molecular flexibility index (Phi) is 7.18. The molecule has 0 atom stereocenters. The molecule has 0 aliphatic heterocycles. The Labute approximate surface area is 180 Å². The van der Waals surface area contributed by atoms with Crippen LogP contribution in [0.4, 0.5) is 13.2 Å². The van der Waals surface area contributed by atoms with E-state index in [0.717, 1.165) is 29.2 Å². The lowest BCUT2D eigenvalue weighted by atomic mass is 9.93. The molecule has 0 aliphatic carbocycles. The highest BCUT2D eigenvalue weighted by molar-refractivity contribution is 5.50. The fraction of sp³-hybridized carbons (Fsp3) is 0.231. The Morgan fingerprint density at radius 2 is 1.48 bits per heavy atom. The number of rotatable bonds is 8. The molecule has 0 N–H and O–H groups in total. The summed E-state index contributed by atoms with van der Waals surface area (Å²) >= 11 is 0. The van der Waals surface area contributed by atoms with E-state index in [-0.39, 0.29) is 5.41 Å². The molecule has 2 nitrogen and oxygen atoms in total. The first-order valence-corrected chi connectivity index (χ1v) is 9.97. The predicted octanol–water partition coefficient (Wildman–Crippen LogP) is 7.75. The van der Waals surface area contributed by atoms with E-state index >= 15 is 0 Å². The third kappa shape index (κ3) is 7.30. The highest BCUT2D eigenvalue weighted by Gasteiger charge is 2.29. The van der Waals surface area contributed by atoms with Crippen molar-refractivity contribution in [3.8, 4) is 11.5 Å². The summed E-state index contributed by atoms with van der Waals surface area (Å²) in [5.74, 6) is 1.52. The van der Waals surface area contributed by atoms with Crippen LogP contribution in [0.15, 0.2) is 84.9 Å². The van der Waals surface area contributed by atoms with Crippen molar-refractivity contribution in [2.75, 3.05) is 6.61 Å². The van der Waals surface area contributed by atoms with Crippen LogP contribution in [0, 0.1) is 5.41 Å². The molecule has 3 aromatic rings. The van der Waals surface area contributed by atoms with Gasteiger partial charge in [0.25, 0.3) is 0 Å². The Morgan fingerprint density at radius 1 is 0.806 bits per heavy atom. The van der Waals surface area contributed by atoms with Gasteiger partial charge >= 0.3 is 6.18 Å². The van der Waals surface area contributed by atoms with Gasteiger partial charge in [0, 0.05) is 5.41 Å². The van der Waals surface area contributed by atoms with Crippen LogP contribution in [0.5, 0.6) is 11.5 Å². The van der Waals surface area contributed by atoms with Crippen LogP contribution in [-0.4, -0.2) is 6.61 Å². The zero-order valence-electron chi connectivity index (χ0n) is 17.5. The van der Waals surface area contributed by atoms with Crippen molar-refractivity contribution >= 4 is 6.08 Å². The summed E-state index contributed by atoms with van der Waals surface area (Å²) < 4.78 is 49.7. The first-order valence-electron chi connectivity index (χ1n) is 9.97. The molecule has 0 bridgehead atoms. The summed E-state index contributed by atoms with van der Waals surface area (Å²) in [6.45, 7) is 4.93. The van der Waals surface area contributed by atoms with E-state index in [1.807, 2.05) is 80.6 Å². The maximum atomic E-state index is 12.7. The molecule has 0 aliphatic rings. The zero-order chi connectivity index (χ0) is 22.3. The van der Waals surface area contributed by atoms with E-state index in [4.69, 9.17) is 9.47 Å². The molecule has 0 saturated heterocycles. The standard InChI is InChI=1S/C26H25F3O2/c1-25(2,16-15-20-11-13-22(14-12-20)26(27,28)29)19-30-18-21-7-6-10-24(17-21)31-23-8-4-3-5-9-23/h3-17H,18-19H2,1-2H3. The largest absolute Gasteiger partial charge is 0.457 e. The summed E-state index contributed by atoms with van der Waals surface area (Å²) in [6, 6.07) is 22.4. The van der Waals surface area contributed by atoms with Gasteiger partial charge in [0.1, 0.15) is 11.5 Å². The normalized spacial score (nSPS) is 12.3. The number of hydrogen-bond acceptors (Lipinski definition) is 2. The Balaban J connectivity index is 1.52. The molecule has 3 aromatic carbocycles. The van der Waals surface area contributed by atoms with E-state index in [0.29, 0.717) is 18.8 Å². The van der Waals surface area contributed by atoms with Crippen molar-refractivity contribution in [3.05, 3.63) is 102 Å². The fourth-order valence-corrected chi connectivity index (χ4v) is 2.91. The van der Waals surface area contributed by atoms with Crippen LogP contribution in [0.2, 0.25) is 0 Å². The summed E-state index contributed by atoms with van der Waals surface area (Å²) in [7, 11) is 0. The minimum Gasteiger partial charge on any atom is -0.457 e. The van der Waals surface area contributed by atoms with Crippen LogP contribution in [0.25, 0.3) is 6.08 Å². The lowest BCUT2D eigenvalue weighted by Crippen LogP contribution is -2.16. The smallest absolute Gasteiger partial charge is 0.416 e. The molecule has 0 spiro atoms. The maximum Gasteiger partial charge on any atom is 0.416 e. The lowest BCUT2D eigenvalue weighted by Gasteiger charge is -2.20. The quantitative estimate of drug-likeness (QED) is 0.366. The third-order valence-electron chi connectivity index (χ3n) is 4.59. The van der Waals surface area contributed by atoms with E-state index < -0.39 is 11.7 Å². The van der Waals surface area contributed by atoms with E-state index in [2.05, 4.69) is 0 Å². The summed E-state index contributed by atoms with van der Waals surface area (Å²) in [6.07, 6.45) is -0.554. The topological polar surface area (TPSA) is 18.5 Å². The molecule has 0 aromatic heterocycles. The summed E-state index contributed by atoms with van der Waals surface area (Å²) in [5.41, 5.74) is 0.786. The van der Waals surface area contributed by atoms with Gasteiger partial charge in [0.2, 0.25) is 0 Å². The first kappa shape index (κ1) is 22.6. The number of benzene rings is 3. The lowest BCUT2D eigenvalue weighted by molar-refractivity contribution is -0.137. The average molecular weight is 426 g/mol. The second-order valence-electron chi connectivity index (χ2n) is 8.00. The molecule has 31 heavy (non-hydrogen) atoms. The van der Waals surface area contributed by atoms with Gasteiger partial charge in [-0.15, -0.1) is 0 Å². The maximum absolute atomic E-state index is 12.7. The van der Waals surface area contributed by atoms with Crippen molar-refractivity contribution in [1.29, 1.82) is 0 Å². The molecule has 0 saturated carbocycles. The van der Waals surface area contributed by atoms with Gasteiger partial charge < -0.3 is 9.47 Å². The average Bonchev–Trinajstić information content (AvgIpc) is 2.73. The Hall–Kier alpha value is -3.05. The van der Waals surface area contributed by atoms with Crippen LogP contribution in [0.1, 0.15) is 30.5 Å². The van der Waals surface area contributed by atoms with Crippen molar-refractivity contribution in [1.82, 2.24) is 0 Å². The second-order valence-corrected chi connectivity index (χ2v) is 8.00. The van der Waals surface area contributed by atoms with Crippen molar-refractivity contribution in [2.24, 2.45) is 5.41 Å². The molecule has 0 radical (unpaired) electrons. The van der Waals surface area contributed by atoms with Crippen molar-refractivity contribution < 1.29 is 22.6 Å². The monoisotopic (exact) mass is 426 g/mol. The minimum atomic E-state index is -4.32. The van der Waals surface area contributed by atoms with Gasteiger partial charge in [-0.2, -0.15) is 13.2 Å². The number of halogens is 3. The van der Waals surface area contributed by atoms with Gasteiger partial charge in [-0.25, -0.2) is 0 Å². The minimum absolute atomic E-state index is 0.277. The molecule has 162 valence electrons. The second kappa shape index (κ2) is 9.84. The highest BCUT2D eigenvalue weighted by atomic mass is 19.4. The molecular formula is C26H25F3O2. The first-order chi connectivity index (χ1) is 14.7. The van der Waals surface area contributed by atoms with Crippen molar-refractivity contribution in [3.63, 3.8) is 0 Å². The highest BCUT2D eigenvalue weighted by Crippen LogP contribution is 2.29. The van der Waals surface area contributed by atoms with Gasteiger partial charge in [0.05, 0.1) is 18.8 Å². The molecule has 3 rings (SSSR count). The molecule has 5 heteroatoms. The van der Waals surface area contributed by atoms with Gasteiger partial charge in [-0.1, -0.05) is 68.5 Å². The van der Waals surface area contributed by atoms with Gasteiger partial charge in [-0.3, -0.25) is 0 Å². The SMILES string of the molecule is CC(C)(C=Cc1ccc(C(F)(F)F)cc1)COCc1cccc(Oc2ccccc2)c1. The fourth-order valence-electron chi connectivity index (χ4n) is 2.91. The molecule has 0 unspecified atom stereocenters. The number of para-hydroxylation sites is 1. The number of hydrogen-bond donors (Lipinski definition) is 0. The molecule has 0 fully saturated rings. The molecule has 0 amide bonds. The predicted molar refractivity (Wildman–Crippen MR) is 117 cm³/mol. The Morgan fingerprint density at radius 3 is 2.16 bits per heavy atom. The van der Waals surface area contributed by atoms with E-state index in [1.54, 1.807) is 0 Å². The number of ether oxygens (including phenoxy) is 2. The Bertz CT molecular complexity index is 991. The number of alkyl halides is 3. The molecule has 0 heterocycles. The third-order valence-corrected chi connectivity index (χ3v) is 4.59.